The summed E-state index contributed by atoms with van der Waals surface area (Å²) < 4.78 is 16.3. The number of aromatic nitrogens is 1. The van der Waals surface area contributed by atoms with Crippen LogP contribution in [0.5, 0.6) is 5.75 Å². The van der Waals surface area contributed by atoms with Crippen molar-refractivity contribution in [3.8, 4) is 11.4 Å². The fourth-order valence-corrected chi connectivity index (χ4v) is 2.53. The minimum atomic E-state index is -0.404. The van der Waals surface area contributed by atoms with E-state index in [1.807, 2.05) is 18.2 Å². The van der Waals surface area contributed by atoms with Crippen LogP contribution in [0.4, 0.5) is 4.39 Å². The summed E-state index contributed by atoms with van der Waals surface area (Å²) in [4.78, 5) is 0. The van der Waals surface area contributed by atoms with Gasteiger partial charge in [0, 0.05) is 15.9 Å². The van der Waals surface area contributed by atoms with Gasteiger partial charge in [0.2, 0.25) is 0 Å². The van der Waals surface area contributed by atoms with E-state index in [-0.39, 0.29) is 5.75 Å². The van der Waals surface area contributed by atoms with Crippen LogP contribution in [0.3, 0.4) is 0 Å². The smallest absolute Gasteiger partial charge is 0.199 e. The number of rotatable bonds is 1. The lowest BCUT2D eigenvalue weighted by atomic mass is 10.2. The molecule has 3 aromatic rings. The number of phenols is 1. The van der Waals surface area contributed by atoms with Gasteiger partial charge < -0.3 is 5.11 Å². The third-order valence-corrected chi connectivity index (χ3v) is 3.56. The molecule has 90 valence electrons. The number of benzene rings is 2. The van der Waals surface area contributed by atoms with Crippen molar-refractivity contribution in [3.63, 3.8) is 0 Å². The van der Waals surface area contributed by atoms with E-state index in [1.54, 1.807) is 24.3 Å². The number of nitrogens with zero attached hydrogens (tertiary/aromatic N) is 1. The highest BCUT2D eigenvalue weighted by Crippen LogP contribution is 2.31. The Bertz CT molecular complexity index is 736. The first-order valence-corrected chi connectivity index (χ1v) is 6.21. The molecule has 1 heterocycles. The lowest BCUT2D eigenvalue weighted by Gasteiger charge is -2.08. The van der Waals surface area contributed by atoms with Gasteiger partial charge in [-0.2, -0.15) is 4.39 Å². The molecule has 2 nitrogen and oxygen atoms in total. The molecule has 0 aliphatic heterocycles. The van der Waals surface area contributed by atoms with Crippen LogP contribution in [-0.2, 0) is 0 Å². The summed E-state index contributed by atoms with van der Waals surface area (Å²) in [5.41, 5.74) is 1.14. The van der Waals surface area contributed by atoms with Gasteiger partial charge in [-0.15, -0.1) is 0 Å². The van der Waals surface area contributed by atoms with Crippen LogP contribution in [0, 0.1) is 5.95 Å². The first-order chi connectivity index (χ1) is 8.68. The van der Waals surface area contributed by atoms with Gasteiger partial charge in [0.15, 0.2) is 5.95 Å². The molecule has 0 unspecified atom stereocenters. The standard InChI is InChI=1S/C14H9BrFNO/c15-10-4-3-6-11-9(10)8-14(16)17(11)12-5-1-2-7-13(12)18/h1-8,18H. The first-order valence-electron chi connectivity index (χ1n) is 5.42. The Morgan fingerprint density at radius 3 is 2.61 bits per heavy atom. The minimum absolute atomic E-state index is 0.0499. The second-order valence-corrected chi connectivity index (χ2v) is 4.82. The van der Waals surface area contributed by atoms with Crippen molar-refractivity contribution in [2.24, 2.45) is 0 Å². The maximum atomic E-state index is 14.1. The Morgan fingerprint density at radius 2 is 1.83 bits per heavy atom. The molecule has 3 rings (SSSR count). The summed E-state index contributed by atoms with van der Waals surface area (Å²) in [6.45, 7) is 0. The number of hydrogen-bond donors (Lipinski definition) is 1. The maximum Gasteiger partial charge on any atom is 0.199 e. The quantitative estimate of drug-likeness (QED) is 0.715. The average molecular weight is 306 g/mol. The fraction of sp³-hybridized carbons (Fsp3) is 0. The zero-order valence-corrected chi connectivity index (χ0v) is 10.9. The molecule has 0 atom stereocenters. The van der Waals surface area contributed by atoms with Gasteiger partial charge in [-0.05, 0) is 24.3 Å². The molecule has 0 radical (unpaired) electrons. The molecule has 0 spiro atoms. The van der Waals surface area contributed by atoms with Crippen LogP contribution in [0.25, 0.3) is 16.6 Å². The molecule has 0 saturated heterocycles. The second-order valence-electron chi connectivity index (χ2n) is 3.96. The van der Waals surface area contributed by atoms with E-state index in [0.717, 1.165) is 9.86 Å². The zero-order chi connectivity index (χ0) is 12.7. The summed E-state index contributed by atoms with van der Waals surface area (Å²) in [5, 5.41) is 10.6. The number of phenolic OH excluding ortho intramolecular Hbond substituents is 1. The van der Waals surface area contributed by atoms with Crippen molar-refractivity contribution in [1.82, 2.24) is 4.57 Å². The van der Waals surface area contributed by atoms with Crippen LogP contribution in [0.2, 0.25) is 0 Å². The molecule has 0 bridgehead atoms. The number of aromatic hydroxyl groups is 1. The van der Waals surface area contributed by atoms with Gasteiger partial charge in [0.05, 0.1) is 11.2 Å². The molecule has 18 heavy (non-hydrogen) atoms. The largest absolute Gasteiger partial charge is 0.506 e. The van der Waals surface area contributed by atoms with Crippen LogP contribution in [0.15, 0.2) is 53.0 Å². The molecule has 0 amide bonds. The monoisotopic (exact) mass is 305 g/mol. The molecule has 0 saturated carbocycles. The van der Waals surface area contributed by atoms with Crippen molar-refractivity contribution in [1.29, 1.82) is 0 Å². The van der Waals surface area contributed by atoms with Gasteiger partial charge in [0.1, 0.15) is 5.75 Å². The van der Waals surface area contributed by atoms with E-state index in [0.29, 0.717) is 11.2 Å². The normalized spacial score (nSPS) is 11.0. The zero-order valence-electron chi connectivity index (χ0n) is 9.27. The topological polar surface area (TPSA) is 25.2 Å². The number of hydrogen-bond acceptors (Lipinski definition) is 1. The predicted molar refractivity (Wildman–Crippen MR) is 72.6 cm³/mol. The molecule has 1 aromatic heterocycles. The van der Waals surface area contributed by atoms with Crippen molar-refractivity contribution < 1.29 is 9.50 Å². The third-order valence-electron chi connectivity index (χ3n) is 2.87. The van der Waals surface area contributed by atoms with Gasteiger partial charge in [-0.3, -0.25) is 4.57 Å². The van der Waals surface area contributed by atoms with E-state index < -0.39 is 5.95 Å². The maximum absolute atomic E-state index is 14.1. The molecule has 2 aromatic carbocycles. The van der Waals surface area contributed by atoms with Gasteiger partial charge >= 0.3 is 0 Å². The van der Waals surface area contributed by atoms with Crippen LogP contribution < -0.4 is 0 Å². The lowest BCUT2D eigenvalue weighted by molar-refractivity contribution is 0.467. The molecule has 4 heteroatoms. The SMILES string of the molecule is Oc1ccccc1-n1c(F)cc2c(Br)cccc21. The van der Waals surface area contributed by atoms with Gasteiger partial charge in [-0.25, -0.2) is 0 Å². The fourth-order valence-electron chi connectivity index (χ4n) is 2.06. The van der Waals surface area contributed by atoms with Crippen LogP contribution in [-0.4, -0.2) is 9.67 Å². The second kappa shape index (κ2) is 4.14. The van der Waals surface area contributed by atoms with Crippen LogP contribution >= 0.6 is 15.9 Å². The number of para-hydroxylation sites is 2. The lowest BCUT2D eigenvalue weighted by Crippen LogP contribution is -1.97. The van der Waals surface area contributed by atoms with Crippen molar-refractivity contribution in [2.45, 2.75) is 0 Å². The minimum Gasteiger partial charge on any atom is -0.506 e. The molecule has 0 aliphatic carbocycles. The van der Waals surface area contributed by atoms with Crippen molar-refractivity contribution in [3.05, 3.63) is 59.0 Å². The van der Waals surface area contributed by atoms with Gasteiger partial charge in [-0.1, -0.05) is 34.1 Å². The summed E-state index contributed by atoms with van der Waals surface area (Å²) >= 11 is 3.39. The van der Waals surface area contributed by atoms with Crippen LogP contribution in [0.1, 0.15) is 0 Å². The first kappa shape index (κ1) is 11.3. The Kier molecular flexibility index (Phi) is 2.59. The molecule has 1 N–H and O–H groups in total. The van der Waals surface area contributed by atoms with E-state index in [4.69, 9.17) is 0 Å². The average Bonchev–Trinajstić information content (AvgIpc) is 2.68. The highest BCUT2D eigenvalue weighted by atomic mass is 79.9. The Morgan fingerprint density at radius 1 is 1.06 bits per heavy atom. The third kappa shape index (κ3) is 1.61. The highest BCUT2D eigenvalue weighted by Gasteiger charge is 2.14. The van der Waals surface area contributed by atoms with E-state index in [1.165, 1.54) is 10.6 Å². The molecular weight excluding hydrogens is 297 g/mol. The van der Waals surface area contributed by atoms with E-state index in [2.05, 4.69) is 15.9 Å². The Hall–Kier alpha value is -1.81. The van der Waals surface area contributed by atoms with Gasteiger partial charge in [0.25, 0.3) is 0 Å². The summed E-state index contributed by atoms with van der Waals surface area (Å²) in [7, 11) is 0. The summed E-state index contributed by atoms with van der Waals surface area (Å²) in [5.74, 6) is -0.354. The Labute approximate surface area is 111 Å². The highest BCUT2D eigenvalue weighted by molar-refractivity contribution is 9.10. The molecule has 0 aliphatic rings. The van der Waals surface area contributed by atoms with E-state index >= 15 is 0 Å². The Balaban J connectivity index is 2.40. The number of fused-ring (bicyclic) bond motifs is 1. The van der Waals surface area contributed by atoms with Crippen molar-refractivity contribution in [2.75, 3.05) is 0 Å². The summed E-state index contributed by atoms with van der Waals surface area (Å²) in [6, 6.07) is 13.6. The van der Waals surface area contributed by atoms with E-state index in [9.17, 15) is 9.50 Å². The number of halogens is 2. The summed E-state index contributed by atoms with van der Waals surface area (Å²) in [6.07, 6.45) is 0. The predicted octanol–water partition coefficient (Wildman–Crippen LogP) is 4.24. The van der Waals surface area contributed by atoms with Crippen molar-refractivity contribution >= 4 is 26.8 Å². The molecular formula is C14H9BrFNO. The molecule has 0 fully saturated rings.